The molecule has 68 valence electrons. The molecule has 3 nitrogen and oxygen atoms in total. The Morgan fingerprint density at radius 3 is 2.31 bits per heavy atom. The van der Waals surface area contributed by atoms with E-state index in [1.54, 1.807) is 12.1 Å². The molecule has 3 heteroatoms. The summed E-state index contributed by atoms with van der Waals surface area (Å²) in [6.45, 7) is 2.01. The van der Waals surface area contributed by atoms with E-state index in [4.69, 9.17) is 5.11 Å². The molecule has 0 amide bonds. The number of nitrogens with one attached hydrogen (secondary N) is 1. The molecule has 0 aliphatic carbocycles. The number of aromatic carboxylic acids is 1. The quantitative estimate of drug-likeness (QED) is 0.710. The third-order valence-corrected chi connectivity index (χ3v) is 2.41. The van der Waals surface area contributed by atoms with Crippen molar-refractivity contribution in [2.75, 3.05) is 13.1 Å². The summed E-state index contributed by atoms with van der Waals surface area (Å²) in [6.07, 6.45) is 0. The van der Waals surface area contributed by atoms with Crippen molar-refractivity contribution in [2.45, 2.75) is 5.92 Å². The number of carboxylic acid groups (broad SMARTS) is 1. The fourth-order valence-electron chi connectivity index (χ4n) is 1.42. The van der Waals surface area contributed by atoms with Gasteiger partial charge in [-0.1, -0.05) is 12.1 Å². The first kappa shape index (κ1) is 8.26. The average molecular weight is 177 g/mol. The van der Waals surface area contributed by atoms with Crippen LogP contribution in [0.1, 0.15) is 21.8 Å². The van der Waals surface area contributed by atoms with Gasteiger partial charge in [-0.25, -0.2) is 4.79 Å². The number of hydrogen-bond acceptors (Lipinski definition) is 2. The summed E-state index contributed by atoms with van der Waals surface area (Å²) in [6, 6.07) is 7.12. The fourth-order valence-corrected chi connectivity index (χ4v) is 1.42. The molecule has 1 saturated heterocycles. The molecule has 0 spiro atoms. The Bertz CT molecular complexity index is 314. The molecule has 1 aliphatic rings. The molecular formula is C10H11NO2. The van der Waals surface area contributed by atoms with Gasteiger partial charge in [-0.3, -0.25) is 0 Å². The number of carboxylic acids is 1. The predicted octanol–water partition coefficient (Wildman–Crippen LogP) is 1.07. The molecule has 0 saturated carbocycles. The lowest BCUT2D eigenvalue weighted by atomic mass is 9.93. The van der Waals surface area contributed by atoms with Gasteiger partial charge in [-0.05, 0) is 17.7 Å². The van der Waals surface area contributed by atoms with Gasteiger partial charge in [-0.15, -0.1) is 0 Å². The van der Waals surface area contributed by atoms with Crippen molar-refractivity contribution in [3.05, 3.63) is 35.4 Å². The molecule has 1 fully saturated rings. The summed E-state index contributed by atoms with van der Waals surface area (Å²) in [5.41, 5.74) is 1.58. The molecule has 0 unspecified atom stereocenters. The van der Waals surface area contributed by atoms with Gasteiger partial charge in [0.25, 0.3) is 0 Å². The molecule has 1 aliphatic heterocycles. The smallest absolute Gasteiger partial charge is 0.335 e. The lowest BCUT2D eigenvalue weighted by molar-refractivity contribution is 0.0697. The van der Waals surface area contributed by atoms with E-state index in [1.807, 2.05) is 12.1 Å². The van der Waals surface area contributed by atoms with E-state index in [2.05, 4.69) is 5.32 Å². The van der Waals surface area contributed by atoms with Crippen molar-refractivity contribution < 1.29 is 9.90 Å². The molecule has 1 aromatic carbocycles. The maximum absolute atomic E-state index is 10.6. The molecule has 0 bridgehead atoms. The van der Waals surface area contributed by atoms with Gasteiger partial charge in [0.15, 0.2) is 0 Å². The van der Waals surface area contributed by atoms with Crippen molar-refractivity contribution in [2.24, 2.45) is 0 Å². The van der Waals surface area contributed by atoms with E-state index in [0.29, 0.717) is 11.5 Å². The summed E-state index contributed by atoms with van der Waals surface area (Å²) in [7, 11) is 0. The Morgan fingerprint density at radius 2 is 1.92 bits per heavy atom. The van der Waals surface area contributed by atoms with Crippen LogP contribution >= 0.6 is 0 Å². The summed E-state index contributed by atoms with van der Waals surface area (Å²) in [5.74, 6) is -0.291. The minimum atomic E-state index is -0.863. The molecule has 1 heterocycles. The lowest BCUT2D eigenvalue weighted by Gasteiger charge is -2.27. The predicted molar refractivity (Wildman–Crippen MR) is 49.0 cm³/mol. The average Bonchev–Trinajstić information content (AvgIpc) is 2.02. The highest BCUT2D eigenvalue weighted by Crippen LogP contribution is 2.19. The topological polar surface area (TPSA) is 49.3 Å². The van der Waals surface area contributed by atoms with Crippen LogP contribution in [0.2, 0.25) is 0 Å². The maximum atomic E-state index is 10.6. The Kier molecular flexibility index (Phi) is 2.02. The normalized spacial score (nSPS) is 16.6. The Morgan fingerprint density at radius 1 is 1.31 bits per heavy atom. The molecule has 2 rings (SSSR count). The van der Waals surface area contributed by atoms with Crippen molar-refractivity contribution in [3.63, 3.8) is 0 Å². The molecule has 1 aromatic rings. The first-order valence-electron chi connectivity index (χ1n) is 4.31. The van der Waals surface area contributed by atoms with Crippen LogP contribution in [0.25, 0.3) is 0 Å². The second-order valence-corrected chi connectivity index (χ2v) is 3.28. The highest BCUT2D eigenvalue weighted by Gasteiger charge is 2.18. The first-order valence-corrected chi connectivity index (χ1v) is 4.31. The zero-order valence-electron chi connectivity index (χ0n) is 7.16. The molecule has 2 N–H and O–H groups in total. The van der Waals surface area contributed by atoms with E-state index in [-0.39, 0.29) is 0 Å². The van der Waals surface area contributed by atoms with Crippen molar-refractivity contribution in [3.8, 4) is 0 Å². The van der Waals surface area contributed by atoms with Gasteiger partial charge in [0.2, 0.25) is 0 Å². The molecule has 0 atom stereocenters. The van der Waals surface area contributed by atoms with Crippen LogP contribution in [0, 0.1) is 0 Å². The van der Waals surface area contributed by atoms with Gasteiger partial charge >= 0.3 is 5.97 Å². The van der Waals surface area contributed by atoms with Crippen LogP contribution in [-0.4, -0.2) is 24.2 Å². The summed E-state index contributed by atoms with van der Waals surface area (Å²) in [4.78, 5) is 10.6. The van der Waals surface area contributed by atoms with E-state index >= 15 is 0 Å². The van der Waals surface area contributed by atoms with E-state index in [9.17, 15) is 4.79 Å². The van der Waals surface area contributed by atoms with Gasteiger partial charge in [-0.2, -0.15) is 0 Å². The fraction of sp³-hybridized carbons (Fsp3) is 0.300. The minimum absolute atomic E-state index is 0.357. The van der Waals surface area contributed by atoms with E-state index in [0.717, 1.165) is 13.1 Å². The van der Waals surface area contributed by atoms with Crippen LogP contribution in [0.3, 0.4) is 0 Å². The van der Waals surface area contributed by atoms with Crippen LogP contribution < -0.4 is 5.32 Å². The van der Waals surface area contributed by atoms with Gasteiger partial charge in [0, 0.05) is 19.0 Å². The van der Waals surface area contributed by atoms with Gasteiger partial charge < -0.3 is 10.4 Å². The minimum Gasteiger partial charge on any atom is -0.478 e. The second-order valence-electron chi connectivity index (χ2n) is 3.28. The summed E-state index contributed by atoms with van der Waals surface area (Å²) >= 11 is 0. The highest BCUT2D eigenvalue weighted by atomic mass is 16.4. The SMILES string of the molecule is O=C(O)c1ccc(C2CNC2)cc1. The van der Waals surface area contributed by atoms with Crippen molar-refractivity contribution in [1.29, 1.82) is 0 Å². The van der Waals surface area contributed by atoms with Crippen LogP contribution in [0.4, 0.5) is 0 Å². The van der Waals surface area contributed by atoms with Gasteiger partial charge in [0.1, 0.15) is 0 Å². The number of benzene rings is 1. The van der Waals surface area contributed by atoms with E-state index < -0.39 is 5.97 Å². The monoisotopic (exact) mass is 177 g/mol. The van der Waals surface area contributed by atoms with Crippen molar-refractivity contribution in [1.82, 2.24) is 5.32 Å². The highest BCUT2D eigenvalue weighted by molar-refractivity contribution is 5.87. The number of rotatable bonds is 2. The maximum Gasteiger partial charge on any atom is 0.335 e. The first-order chi connectivity index (χ1) is 6.27. The van der Waals surface area contributed by atoms with E-state index in [1.165, 1.54) is 5.56 Å². The summed E-state index contributed by atoms with van der Waals surface area (Å²) in [5, 5.41) is 11.9. The third-order valence-electron chi connectivity index (χ3n) is 2.41. The summed E-state index contributed by atoms with van der Waals surface area (Å²) < 4.78 is 0. The molecule has 0 aromatic heterocycles. The van der Waals surface area contributed by atoms with Crippen LogP contribution in [0.5, 0.6) is 0 Å². The standard InChI is InChI=1S/C10H11NO2/c12-10(13)8-3-1-7(2-4-8)9-5-11-6-9/h1-4,9,11H,5-6H2,(H,12,13). The molecular weight excluding hydrogens is 166 g/mol. The zero-order chi connectivity index (χ0) is 9.26. The zero-order valence-corrected chi connectivity index (χ0v) is 7.16. The number of carbonyl (C=O) groups is 1. The second kappa shape index (κ2) is 3.18. The van der Waals surface area contributed by atoms with Crippen LogP contribution in [-0.2, 0) is 0 Å². The molecule has 13 heavy (non-hydrogen) atoms. The lowest BCUT2D eigenvalue weighted by Crippen LogP contribution is -2.39. The van der Waals surface area contributed by atoms with Crippen molar-refractivity contribution >= 4 is 5.97 Å². The van der Waals surface area contributed by atoms with Gasteiger partial charge in [0.05, 0.1) is 5.56 Å². The number of hydrogen-bond donors (Lipinski definition) is 2. The molecule has 0 radical (unpaired) electrons. The Balaban J connectivity index is 2.17. The Labute approximate surface area is 76.4 Å². The Hall–Kier alpha value is -1.35. The van der Waals surface area contributed by atoms with Crippen LogP contribution in [0.15, 0.2) is 24.3 Å². The largest absolute Gasteiger partial charge is 0.478 e. The third kappa shape index (κ3) is 1.55.